The largest absolute Gasteiger partial charge is 0.302 e. The number of amides is 1. The van der Waals surface area contributed by atoms with Gasteiger partial charge in [-0.2, -0.15) is 0 Å². The number of aromatic nitrogens is 1. The number of nitrogens with zero attached hydrogens (tertiary/aromatic N) is 1. The van der Waals surface area contributed by atoms with Gasteiger partial charge in [0.15, 0.2) is 5.13 Å². The third-order valence-corrected chi connectivity index (χ3v) is 2.87. The van der Waals surface area contributed by atoms with E-state index in [-0.39, 0.29) is 11.8 Å². The highest BCUT2D eigenvalue weighted by Gasteiger charge is 2.08. The van der Waals surface area contributed by atoms with Crippen LogP contribution in [0.25, 0.3) is 0 Å². The average molecular weight is 296 g/mol. The van der Waals surface area contributed by atoms with Gasteiger partial charge in [0, 0.05) is 5.92 Å². The number of rotatable bonds is 2. The zero-order valence-corrected chi connectivity index (χ0v) is 9.77. The number of carbonyl (C=O) groups is 1. The van der Waals surface area contributed by atoms with E-state index in [1.165, 1.54) is 11.3 Å². The Labute approximate surface area is 88.7 Å². The minimum absolute atomic E-state index is 0.00608. The Morgan fingerprint density at radius 3 is 2.83 bits per heavy atom. The average Bonchev–Trinajstić information content (AvgIpc) is 2.35. The molecule has 0 atom stereocenters. The number of halogens is 1. The highest BCUT2D eigenvalue weighted by molar-refractivity contribution is 14.1. The van der Waals surface area contributed by atoms with Crippen LogP contribution in [0.4, 0.5) is 5.13 Å². The summed E-state index contributed by atoms with van der Waals surface area (Å²) in [4.78, 5) is 15.2. The molecular formula is C7H9IN2OS. The second-order valence-corrected chi connectivity index (χ2v) is 5.54. The Morgan fingerprint density at radius 2 is 2.42 bits per heavy atom. The van der Waals surface area contributed by atoms with Crippen molar-refractivity contribution in [2.75, 3.05) is 5.32 Å². The van der Waals surface area contributed by atoms with E-state index in [2.05, 4.69) is 32.9 Å². The molecule has 0 bridgehead atoms. The van der Waals surface area contributed by atoms with E-state index in [4.69, 9.17) is 0 Å². The topological polar surface area (TPSA) is 42.0 Å². The fourth-order valence-corrected chi connectivity index (χ4v) is 1.87. The molecule has 12 heavy (non-hydrogen) atoms. The Morgan fingerprint density at radius 1 is 1.75 bits per heavy atom. The molecule has 1 heterocycles. The molecule has 0 saturated heterocycles. The summed E-state index contributed by atoms with van der Waals surface area (Å²) >= 11 is 3.65. The van der Waals surface area contributed by atoms with Crippen molar-refractivity contribution in [1.29, 1.82) is 0 Å². The van der Waals surface area contributed by atoms with Crippen LogP contribution in [0.15, 0.2) is 6.20 Å². The second kappa shape index (κ2) is 4.18. The zero-order valence-electron chi connectivity index (χ0n) is 6.80. The number of nitrogens with one attached hydrogen (secondary N) is 1. The smallest absolute Gasteiger partial charge is 0.228 e. The molecule has 0 spiro atoms. The lowest BCUT2D eigenvalue weighted by Gasteiger charge is -2.02. The minimum atomic E-state index is 0.00608. The van der Waals surface area contributed by atoms with Crippen molar-refractivity contribution in [3.63, 3.8) is 0 Å². The zero-order chi connectivity index (χ0) is 9.14. The van der Waals surface area contributed by atoms with Gasteiger partial charge < -0.3 is 5.32 Å². The molecule has 0 unspecified atom stereocenters. The number of thiazole rings is 1. The van der Waals surface area contributed by atoms with E-state index in [1.807, 2.05) is 13.8 Å². The SMILES string of the molecule is CC(C)C(=O)Nc1ncc(I)s1. The van der Waals surface area contributed by atoms with Crippen LogP contribution < -0.4 is 5.32 Å². The van der Waals surface area contributed by atoms with Gasteiger partial charge in [0.1, 0.15) is 0 Å². The van der Waals surface area contributed by atoms with Crippen molar-refractivity contribution in [1.82, 2.24) is 4.98 Å². The molecule has 1 aromatic rings. The van der Waals surface area contributed by atoms with Gasteiger partial charge >= 0.3 is 0 Å². The molecule has 0 aromatic carbocycles. The Bertz CT molecular complexity index is 285. The molecule has 5 heteroatoms. The van der Waals surface area contributed by atoms with E-state index in [0.29, 0.717) is 5.13 Å². The predicted molar refractivity (Wildman–Crippen MR) is 58.3 cm³/mol. The summed E-state index contributed by atoms with van der Waals surface area (Å²) in [5, 5.41) is 3.40. The van der Waals surface area contributed by atoms with Crippen LogP contribution in [-0.2, 0) is 4.79 Å². The van der Waals surface area contributed by atoms with Gasteiger partial charge in [-0.3, -0.25) is 4.79 Å². The second-order valence-electron chi connectivity index (χ2n) is 2.61. The predicted octanol–water partition coefficient (Wildman–Crippen LogP) is 2.34. The summed E-state index contributed by atoms with van der Waals surface area (Å²) in [7, 11) is 0. The van der Waals surface area contributed by atoms with Crippen LogP contribution >= 0.6 is 33.9 Å². The first-order valence-electron chi connectivity index (χ1n) is 3.52. The quantitative estimate of drug-likeness (QED) is 0.851. The van der Waals surface area contributed by atoms with E-state index in [0.717, 1.165) is 2.88 Å². The highest BCUT2D eigenvalue weighted by atomic mass is 127. The van der Waals surface area contributed by atoms with Gasteiger partial charge in [-0.05, 0) is 22.6 Å². The molecular weight excluding hydrogens is 287 g/mol. The van der Waals surface area contributed by atoms with Crippen molar-refractivity contribution < 1.29 is 4.79 Å². The lowest BCUT2D eigenvalue weighted by molar-refractivity contribution is -0.118. The van der Waals surface area contributed by atoms with Gasteiger partial charge in [0.05, 0.1) is 9.08 Å². The fourth-order valence-electron chi connectivity index (χ4n) is 0.562. The molecule has 1 rings (SSSR count). The Hall–Kier alpha value is -0.170. The van der Waals surface area contributed by atoms with E-state index in [9.17, 15) is 4.79 Å². The van der Waals surface area contributed by atoms with Gasteiger partial charge in [-0.25, -0.2) is 4.98 Å². The highest BCUT2D eigenvalue weighted by Crippen LogP contribution is 2.19. The van der Waals surface area contributed by atoms with Crippen molar-refractivity contribution in [3.8, 4) is 0 Å². The first-order chi connectivity index (χ1) is 5.59. The van der Waals surface area contributed by atoms with Gasteiger partial charge in [0.2, 0.25) is 5.91 Å². The number of hydrogen-bond donors (Lipinski definition) is 1. The number of anilines is 1. The van der Waals surface area contributed by atoms with Crippen LogP contribution in [-0.4, -0.2) is 10.9 Å². The van der Waals surface area contributed by atoms with Crippen LogP contribution in [0.2, 0.25) is 0 Å². The first-order valence-corrected chi connectivity index (χ1v) is 5.41. The maximum Gasteiger partial charge on any atom is 0.228 e. The van der Waals surface area contributed by atoms with Gasteiger partial charge in [-0.1, -0.05) is 25.2 Å². The Kier molecular flexibility index (Phi) is 3.45. The molecule has 1 N–H and O–H groups in total. The maximum absolute atomic E-state index is 11.2. The van der Waals surface area contributed by atoms with Crippen LogP contribution in [0.5, 0.6) is 0 Å². The standard InChI is InChI=1S/C7H9IN2OS/c1-4(2)6(11)10-7-9-3-5(8)12-7/h3-4H,1-2H3,(H,9,10,11). The van der Waals surface area contributed by atoms with Gasteiger partial charge in [0.25, 0.3) is 0 Å². The molecule has 1 amide bonds. The number of carbonyl (C=O) groups excluding carboxylic acids is 1. The molecule has 0 saturated carbocycles. The van der Waals surface area contributed by atoms with Crippen LogP contribution in [0.1, 0.15) is 13.8 Å². The van der Waals surface area contributed by atoms with Gasteiger partial charge in [-0.15, -0.1) is 0 Å². The maximum atomic E-state index is 11.2. The molecule has 0 aliphatic heterocycles. The summed E-state index contributed by atoms with van der Waals surface area (Å²) in [5.41, 5.74) is 0. The summed E-state index contributed by atoms with van der Waals surface area (Å²) in [6.45, 7) is 3.71. The first kappa shape index (κ1) is 9.91. The van der Waals surface area contributed by atoms with Crippen molar-refractivity contribution in [2.24, 2.45) is 5.92 Å². The molecule has 0 aliphatic rings. The Balaban J connectivity index is 2.58. The monoisotopic (exact) mass is 296 g/mol. The molecule has 0 aliphatic carbocycles. The van der Waals surface area contributed by atoms with E-state index in [1.54, 1.807) is 6.20 Å². The summed E-state index contributed by atoms with van der Waals surface area (Å²) in [5.74, 6) is 0.0207. The summed E-state index contributed by atoms with van der Waals surface area (Å²) in [6.07, 6.45) is 1.74. The van der Waals surface area contributed by atoms with Crippen molar-refractivity contribution in [3.05, 3.63) is 9.08 Å². The molecule has 0 fully saturated rings. The molecule has 3 nitrogen and oxygen atoms in total. The van der Waals surface area contributed by atoms with Crippen molar-refractivity contribution in [2.45, 2.75) is 13.8 Å². The van der Waals surface area contributed by atoms with Crippen LogP contribution in [0.3, 0.4) is 0 Å². The summed E-state index contributed by atoms with van der Waals surface area (Å²) in [6, 6.07) is 0. The molecule has 0 radical (unpaired) electrons. The minimum Gasteiger partial charge on any atom is -0.302 e. The number of hydrogen-bond acceptors (Lipinski definition) is 3. The normalized spacial score (nSPS) is 10.3. The molecule has 1 aromatic heterocycles. The van der Waals surface area contributed by atoms with Crippen molar-refractivity contribution >= 4 is 45.0 Å². The third kappa shape index (κ3) is 2.71. The fraction of sp³-hybridized carbons (Fsp3) is 0.429. The lowest BCUT2D eigenvalue weighted by Crippen LogP contribution is -2.17. The van der Waals surface area contributed by atoms with E-state index < -0.39 is 0 Å². The van der Waals surface area contributed by atoms with E-state index >= 15 is 0 Å². The van der Waals surface area contributed by atoms with Crippen LogP contribution in [0, 0.1) is 8.80 Å². The third-order valence-electron chi connectivity index (χ3n) is 1.23. The molecule has 66 valence electrons. The summed E-state index contributed by atoms with van der Waals surface area (Å²) < 4.78 is 1.08. The lowest BCUT2D eigenvalue weighted by atomic mass is 10.2.